The van der Waals surface area contributed by atoms with Crippen LogP contribution in [0.15, 0.2) is 0 Å². The van der Waals surface area contributed by atoms with E-state index in [1.807, 2.05) is 0 Å². The molecule has 2 nitrogen and oxygen atoms in total. The molecule has 1 aliphatic carbocycles. The number of aliphatic hydroxyl groups is 1. The van der Waals surface area contributed by atoms with Gasteiger partial charge in [0.2, 0.25) is 0 Å². The van der Waals surface area contributed by atoms with Gasteiger partial charge in [-0.3, -0.25) is 0 Å². The first-order valence-electron chi connectivity index (χ1n) is 4.87. The van der Waals surface area contributed by atoms with Crippen molar-refractivity contribution in [2.24, 2.45) is 5.92 Å². The standard InChI is InChI=1S/C9H17F2NO/c10-9(11)8(13)6-12-5-7-3-1-2-4-7/h7-9,12-13H,1-6H2. The van der Waals surface area contributed by atoms with E-state index in [0.717, 1.165) is 6.54 Å². The largest absolute Gasteiger partial charge is 0.386 e. The van der Waals surface area contributed by atoms with Crippen LogP contribution in [-0.2, 0) is 0 Å². The van der Waals surface area contributed by atoms with Crippen LogP contribution in [0.5, 0.6) is 0 Å². The molecule has 1 atom stereocenters. The molecule has 1 unspecified atom stereocenters. The van der Waals surface area contributed by atoms with E-state index in [9.17, 15) is 8.78 Å². The summed E-state index contributed by atoms with van der Waals surface area (Å²) in [5, 5.41) is 11.7. The molecule has 0 spiro atoms. The summed E-state index contributed by atoms with van der Waals surface area (Å²) < 4.78 is 23.7. The number of nitrogens with one attached hydrogen (secondary N) is 1. The van der Waals surface area contributed by atoms with E-state index in [1.165, 1.54) is 25.7 Å². The molecule has 1 fully saturated rings. The fourth-order valence-electron chi connectivity index (χ4n) is 1.74. The molecule has 0 aromatic heterocycles. The lowest BCUT2D eigenvalue weighted by Gasteiger charge is -2.13. The van der Waals surface area contributed by atoms with Crippen molar-refractivity contribution >= 4 is 0 Å². The highest BCUT2D eigenvalue weighted by Gasteiger charge is 2.18. The molecule has 13 heavy (non-hydrogen) atoms. The van der Waals surface area contributed by atoms with Crippen LogP contribution in [0.1, 0.15) is 25.7 Å². The van der Waals surface area contributed by atoms with Gasteiger partial charge in [0.25, 0.3) is 6.43 Å². The van der Waals surface area contributed by atoms with Gasteiger partial charge in [0.15, 0.2) is 0 Å². The zero-order chi connectivity index (χ0) is 9.68. The zero-order valence-electron chi connectivity index (χ0n) is 7.68. The van der Waals surface area contributed by atoms with Crippen LogP contribution in [0.2, 0.25) is 0 Å². The van der Waals surface area contributed by atoms with E-state index in [2.05, 4.69) is 5.32 Å². The van der Waals surface area contributed by atoms with Crippen LogP contribution in [0.3, 0.4) is 0 Å². The summed E-state index contributed by atoms with van der Waals surface area (Å²) in [4.78, 5) is 0. The monoisotopic (exact) mass is 193 g/mol. The summed E-state index contributed by atoms with van der Waals surface area (Å²) in [5.74, 6) is 0.630. The Morgan fingerprint density at radius 1 is 1.31 bits per heavy atom. The summed E-state index contributed by atoms with van der Waals surface area (Å²) in [5.41, 5.74) is 0. The van der Waals surface area contributed by atoms with E-state index < -0.39 is 12.5 Å². The van der Waals surface area contributed by atoms with Gasteiger partial charge in [-0.25, -0.2) is 8.78 Å². The molecule has 0 aliphatic heterocycles. The molecule has 0 heterocycles. The molecule has 0 aromatic rings. The van der Waals surface area contributed by atoms with Crippen LogP contribution in [0.25, 0.3) is 0 Å². The highest BCUT2D eigenvalue weighted by Crippen LogP contribution is 2.23. The Bertz CT molecular complexity index is 136. The number of aliphatic hydroxyl groups excluding tert-OH is 1. The first-order chi connectivity index (χ1) is 6.20. The average molecular weight is 193 g/mol. The molecule has 1 rings (SSSR count). The number of alkyl halides is 2. The molecule has 0 saturated heterocycles. The number of hydrogen-bond acceptors (Lipinski definition) is 2. The van der Waals surface area contributed by atoms with Crippen LogP contribution in [-0.4, -0.2) is 30.7 Å². The molecule has 0 radical (unpaired) electrons. The van der Waals surface area contributed by atoms with Gasteiger partial charge in [0.1, 0.15) is 6.10 Å². The Kier molecular flexibility index (Phi) is 4.59. The minimum absolute atomic E-state index is 0.00810. The summed E-state index contributed by atoms with van der Waals surface area (Å²) in [6.07, 6.45) is 0.751. The average Bonchev–Trinajstić information content (AvgIpc) is 2.56. The predicted octanol–water partition coefficient (Wildman–Crippen LogP) is 1.39. The quantitative estimate of drug-likeness (QED) is 0.691. The van der Waals surface area contributed by atoms with Crippen molar-refractivity contribution in [3.63, 3.8) is 0 Å². The van der Waals surface area contributed by atoms with Crippen LogP contribution in [0.4, 0.5) is 8.78 Å². The molecule has 2 N–H and O–H groups in total. The Labute approximate surface area is 77.3 Å². The van der Waals surface area contributed by atoms with Crippen LogP contribution >= 0.6 is 0 Å². The molecule has 1 aliphatic rings. The third kappa shape index (κ3) is 4.00. The maximum Gasteiger partial charge on any atom is 0.265 e. The van der Waals surface area contributed by atoms with Crippen LogP contribution < -0.4 is 5.32 Å². The topological polar surface area (TPSA) is 32.3 Å². The minimum atomic E-state index is -2.63. The van der Waals surface area contributed by atoms with Gasteiger partial charge < -0.3 is 10.4 Å². The second kappa shape index (κ2) is 5.50. The van der Waals surface area contributed by atoms with Gasteiger partial charge in [0, 0.05) is 6.54 Å². The first-order valence-corrected chi connectivity index (χ1v) is 4.87. The lowest BCUT2D eigenvalue weighted by Crippen LogP contribution is -2.34. The summed E-state index contributed by atoms with van der Waals surface area (Å²) in [6.45, 7) is 0.776. The SMILES string of the molecule is OC(CNCC1CCCC1)C(F)F. The van der Waals surface area contributed by atoms with Crippen molar-refractivity contribution in [2.45, 2.75) is 38.2 Å². The second-order valence-electron chi connectivity index (χ2n) is 3.71. The number of hydrogen-bond donors (Lipinski definition) is 2. The lowest BCUT2D eigenvalue weighted by molar-refractivity contribution is -0.00357. The summed E-state index contributed by atoms with van der Waals surface area (Å²) >= 11 is 0. The van der Waals surface area contributed by atoms with Gasteiger partial charge >= 0.3 is 0 Å². The van der Waals surface area contributed by atoms with E-state index in [4.69, 9.17) is 5.11 Å². The highest BCUT2D eigenvalue weighted by atomic mass is 19.3. The fraction of sp³-hybridized carbons (Fsp3) is 1.00. The van der Waals surface area contributed by atoms with Gasteiger partial charge in [-0.15, -0.1) is 0 Å². The Morgan fingerprint density at radius 3 is 2.46 bits per heavy atom. The Hall–Kier alpha value is -0.220. The Balaban J connectivity index is 1.99. The number of rotatable bonds is 5. The fourth-order valence-corrected chi connectivity index (χ4v) is 1.74. The predicted molar refractivity (Wildman–Crippen MR) is 46.8 cm³/mol. The van der Waals surface area contributed by atoms with Crippen molar-refractivity contribution in [1.29, 1.82) is 0 Å². The number of halogens is 2. The van der Waals surface area contributed by atoms with Gasteiger partial charge in [-0.2, -0.15) is 0 Å². The van der Waals surface area contributed by atoms with Gasteiger partial charge in [-0.05, 0) is 25.3 Å². The minimum Gasteiger partial charge on any atom is -0.386 e. The zero-order valence-corrected chi connectivity index (χ0v) is 7.68. The molecule has 78 valence electrons. The lowest BCUT2D eigenvalue weighted by atomic mass is 10.1. The third-order valence-electron chi connectivity index (χ3n) is 2.55. The van der Waals surface area contributed by atoms with Gasteiger partial charge in [-0.1, -0.05) is 12.8 Å². The highest BCUT2D eigenvalue weighted by molar-refractivity contribution is 4.71. The maximum atomic E-state index is 11.8. The summed E-state index contributed by atoms with van der Waals surface area (Å²) in [6, 6.07) is 0. The van der Waals surface area contributed by atoms with Gasteiger partial charge in [0.05, 0.1) is 0 Å². The van der Waals surface area contributed by atoms with Crippen molar-refractivity contribution in [2.75, 3.05) is 13.1 Å². The second-order valence-corrected chi connectivity index (χ2v) is 3.71. The van der Waals surface area contributed by atoms with E-state index >= 15 is 0 Å². The van der Waals surface area contributed by atoms with E-state index in [-0.39, 0.29) is 6.54 Å². The van der Waals surface area contributed by atoms with E-state index in [1.54, 1.807) is 0 Å². The molecule has 0 aromatic carbocycles. The smallest absolute Gasteiger partial charge is 0.265 e. The van der Waals surface area contributed by atoms with Crippen molar-refractivity contribution < 1.29 is 13.9 Å². The van der Waals surface area contributed by atoms with Crippen molar-refractivity contribution in [3.05, 3.63) is 0 Å². The molecule has 0 amide bonds. The molecular weight excluding hydrogens is 176 g/mol. The molecule has 0 bridgehead atoms. The third-order valence-corrected chi connectivity index (χ3v) is 2.55. The first kappa shape index (κ1) is 10.9. The molecule has 1 saturated carbocycles. The molecule has 4 heteroatoms. The van der Waals surface area contributed by atoms with E-state index in [0.29, 0.717) is 5.92 Å². The van der Waals surface area contributed by atoms with Crippen LogP contribution in [0, 0.1) is 5.92 Å². The summed E-state index contributed by atoms with van der Waals surface area (Å²) in [7, 11) is 0. The van der Waals surface area contributed by atoms with Crippen molar-refractivity contribution in [1.82, 2.24) is 5.32 Å². The Morgan fingerprint density at radius 2 is 1.92 bits per heavy atom. The molecular formula is C9H17F2NO. The normalized spacial score (nSPS) is 21.2. The maximum absolute atomic E-state index is 11.8. The van der Waals surface area contributed by atoms with Crippen molar-refractivity contribution in [3.8, 4) is 0 Å².